The van der Waals surface area contributed by atoms with Crippen molar-refractivity contribution in [2.45, 2.75) is 12.8 Å². The number of amides is 2. The molecule has 0 heterocycles. The Morgan fingerprint density at radius 2 is 1.03 bits per heavy atom. The number of nitrogens with one attached hydrogen (secondary N) is 2. The number of carboxylic acid groups (broad SMARTS) is 2. The molecule has 0 atom stereocenters. The smallest absolute Gasteiger partial charge is 0.336 e. The van der Waals surface area contributed by atoms with Crippen LogP contribution in [0.3, 0.4) is 0 Å². The zero-order valence-corrected chi connectivity index (χ0v) is 17.8. The van der Waals surface area contributed by atoms with E-state index >= 15 is 0 Å². The van der Waals surface area contributed by atoms with Crippen LogP contribution < -0.4 is 10.6 Å². The second kappa shape index (κ2) is 11.9. The van der Waals surface area contributed by atoms with E-state index < -0.39 is 34.9 Å². The van der Waals surface area contributed by atoms with Gasteiger partial charge in [-0.3, -0.25) is 9.59 Å². The molecule has 0 bridgehead atoms. The average Bonchev–Trinajstić information content (AvgIpc) is 2.66. The van der Waals surface area contributed by atoms with Crippen LogP contribution in [0, 0.1) is 0 Å². The van der Waals surface area contributed by atoms with Crippen molar-refractivity contribution in [2.75, 3.05) is 54.4 Å². The minimum absolute atomic E-state index is 0.297. The second-order valence-electron chi connectivity index (χ2n) is 7.38. The molecule has 0 aliphatic carbocycles. The molecule has 0 aliphatic rings. The number of carbonyl (C=O) groups is 4. The summed E-state index contributed by atoms with van der Waals surface area (Å²) in [5.74, 6) is -4.25. The summed E-state index contributed by atoms with van der Waals surface area (Å²) < 4.78 is 0. The lowest BCUT2D eigenvalue weighted by Gasteiger charge is -2.14. The van der Waals surface area contributed by atoms with Gasteiger partial charge in [-0.05, 0) is 66.3 Å². The van der Waals surface area contributed by atoms with E-state index in [4.69, 9.17) is 0 Å². The molecule has 0 spiro atoms. The van der Waals surface area contributed by atoms with E-state index in [1.807, 2.05) is 38.0 Å². The van der Waals surface area contributed by atoms with Gasteiger partial charge in [-0.2, -0.15) is 0 Å². The van der Waals surface area contributed by atoms with Crippen LogP contribution in [0.15, 0.2) is 12.1 Å². The summed E-state index contributed by atoms with van der Waals surface area (Å²) in [5.41, 5.74) is -1.45. The highest BCUT2D eigenvalue weighted by atomic mass is 16.4. The molecule has 0 radical (unpaired) electrons. The number of carbonyl (C=O) groups excluding carboxylic acids is 2. The summed E-state index contributed by atoms with van der Waals surface area (Å²) in [6.07, 6.45) is 1.28. The lowest BCUT2D eigenvalue weighted by atomic mass is 9.97. The molecule has 166 valence electrons. The summed E-state index contributed by atoms with van der Waals surface area (Å²) in [5, 5.41) is 24.2. The van der Waals surface area contributed by atoms with Crippen LogP contribution in [-0.2, 0) is 0 Å². The third-order valence-corrected chi connectivity index (χ3v) is 4.24. The van der Waals surface area contributed by atoms with Crippen LogP contribution in [0.4, 0.5) is 0 Å². The van der Waals surface area contributed by atoms with Crippen LogP contribution in [0.1, 0.15) is 54.3 Å². The van der Waals surface area contributed by atoms with Crippen molar-refractivity contribution in [3.8, 4) is 0 Å². The number of nitrogens with zero attached hydrogens (tertiary/aromatic N) is 2. The fraction of sp³-hybridized carbons (Fsp3) is 0.500. The van der Waals surface area contributed by atoms with Crippen LogP contribution in [0.25, 0.3) is 0 Å². The predicted molar refractivity (Wildman–Crippen MR) is 111 cm³/mol. The molecule has 1 aromatic rings. The van der Waals surface area contributed by atoms with E-state index in [2.05, 4.69) is 10.6 Å². The lowest BCUT2D eigenvalue weighted by Crippen LogP contribution is -2.31. The Morgan fingerprint density at radius 1 is 0.700 bits per heavy atom. The summed E-state index contributed by atoms with van der Waals surface area (Å²) in [7, 11) is 7.53. The van der Waals surface area contributed by atoms with Crippen LogP contribution in [0.5, 0.6) is 0 Å². The van der Waals surface area contributed by atoms with Gasteiger partial charge in [0, 0.05) is 13.1 Å². The Balaban J connectivity index is 3.10. The highest BCUT2D eigenvalue weighted by Gasteiger charge is 2.25. The SMILES string of the molecule is CN(C)CCCNC(=O)c1cc(C(=O)O)c(C(=O)NCCCN(C)C)cc1C(=O)O. The Bertz CT molecular complexity index is 726. The first-order valence-electron chi connectivity index (χ1n) is 9.55. The number of rotatable bonds is 12. The van der Waals surface area contributed by atoms with Gasteiger partial charge < -0.3 is 30.6 Å². The Kier molecular flexibility index (Phi) is 9.93. The highest BCUT2D eigenvalue weighted by Crippen LogP contribution is 2.19. The monoisotopic (exact) mass is 422 g/mol. The standard InChI is InChI=1S/C20H30N4O6/c1-23(2)9-5-7-21-17(25)13-11-16(20(29)30)14(12-15(13)19(27)28)18(26)22-8-6-10-24(3)4/h11-12H,5-10H2,1-4H3,(H,21,25)(H,22,26)(H,27,28)(H,29,30). The maximum Gasteiger partial charge on any atom is 0.336 e. The molecule has 1 rings (SSSR count). The minimum atomic E-state index is -1.42. The third-order valence-electron chi connectivity index (χ3n) is 4.24. The number of aromatic carboxylic acids is 2. The van der Waals surface area contributed by atoms with Crippen molar-refractivity contribution in [1.82, 2.24) is 20.4 Å². The molecular formula is C20H30N4O6. The summed E-state index contributed by atoms with van der Waals surface area (Å²) in [4.78, 5) is 52.1. The zero-order chi connectivity index (χ0) is 22.8. The zero-order valence-electron chi connectivity index (χ0n) is 17.8. The number of carboxylic acids is 2. The molecule has 0 aliphatic heterocycles. The number of hydrogen-bond acceptors (Lipinski definition) is 6. The van der Waals surface area contributed by atoms with Crippen molar-refractivity contribution in [2.24, 2.45) is 0 Å². The first-order valence-corrected chi connectivity index (χ1v) is 9.55. The van der Waals surface area contributed by atoms with E-state index in [1.54, 1.807) is 0 Å². The lowest BCUT2D eigenvalue weighted by molar-refractivity contribution is 0.0675. The van der Waals surface area contributed by atoms with E-state index in [-0.39, 0.29) is 11.1 Å². The largest absolute Gasteiger partial charge is 0.478 e. The summed E-state index contributed by atoms with van der Waals surface area (Å²) in [6, 6.07) is 1.89. The van der Waals surface area contributed by atoms with E-state index in [0.717, 1.165) is 25.2 Å². The Morgan fingerprint density at radius 3 is 1.30 bits per heavy atom. The van der Waals surface area contributed by atoms with Gasteiger partial charge >= 0.3 is 11.9 Å². The Hall–Kier alpha value is -2.98. The third kappa shape index (κ3) is 7.80. The van der Waals surface area contributed by atoms with E-state index in [1.165, 1.54) is 0 Å². The van der Waals surface area contributed by atoms with Gasteiger partial charge in [-0.15, -0.1) is 0 Å². The fourth-order valence-corrected chi connectivity index (χ4v) is 2.71. The quantitative estimate of drug-likeness (QED) is 0.356. The fourth-order valence-electron chi connectivity index (χ4n) is 2.71. The van der Waals surface area contributed by atoms with Gasteiger partial charge in [-0.1, -0.05) is 0 Å². The van der Waals surface area contributed by atoms with Crippen molar-refractivity contribution in [3.05, 3.63) is 34.4 Å². The summed E-state index contributed by atoms with van der Waals surface area (Å²) in [6.45, 7) is 2.04. The van der Waals surface area contributed by atoms with Gasteiger partial charge in [0.1, 0.15) is 0 Å². The van der Waals surface area contributed by atoms with Gasteiger partial charge in [0.15, 0.2) is 0 Å². The molecule has 0 aromatic heterocycles. The minimum Gasteiger partial charge on any atom is -0.478 e. The molecule has 0 saturated heterocycles. The molecule has 10 heteroatoms. The number of benzene rings is 1. The van der Waals surface area contributed by atoms with Crippen molar-refractivity contribution >= 4 is 23.8 Å². The van der Waals surface area contributed by atoms with Gasteiger partial charge in [0.25, 0.3) is 11.8 Å². The Labute approximate surface area is 175 Å². The van der Waals surface area contributed by atoms with Crippen LogP contribution in [-0.4, -0.2) is 98.1 Å². The molecule has 2 amide bonds. The maximum absolute atomic E-state index is 12.5. The summed E-state index contributed by atoms with van der Waals surface area (Å²) >= 11 is 0. The highest BCUT2D eigenvalue weighted by molar-refractivity contribution is 6.11. The van der Waals surface area contributed by atoms with Crippen LogP contribution >= 0.6 is 0 Å². The second-order valence-corrected chi connectivity index (χ2v) is 7.38. The van der Waals surface area contributed by atoms with Gasteiger partial charge in [0.2, 0.25) is 0 Å². The molecule has 1 aromatic carbocycles. The molecule has 0 unspecified atom stereocenters. The predicted octanol–water partition coefficient (Wildman–Crippen LogP) is 0.446. The van der Waals surface area contributed by atoms with Crippen molar-refractivity contribution in [1.29, 1.82) is 0 Å². The molecule has 4 N–H and O–H groups in total. The van der Waals surface area contributed by atoms with E-state index in [9.17, 15) is 29.4 Å². The molecule has 30 heavy (non-hydrogen) atoms. The maximum atomic E-state index is 12.5. The van der Waals surface area contributed by atoms with Crippen molar-refractivity contribution in [3.63, 3.8) is 0 Å². The first kappa shape index (κ1) is 25.1. The van der Waals surface area contributed by atoms with E-state index in [0.29, 0.717) is 25.9 Å². The topological polar surface area (TPSA) is 139 Å². The van der Waals surface area contributed by atoms with Gasteiger partial charge in [-0.25, -0.2) is 9.59 Å². The molecule has 0 fully saturated rings. The molecule has 10 nitrogen and oxygen atoms in total. The molecular weight excluding hydrogens is 392 g/mol. The first-order chi connectivity index (χ1) is 14.0. The van der Waals surface area contributed by atoms with Gasteiger partial charge in [0.05, 0.1) is 22.3 Å². The number of hydrogen-bond donors (Lipinski definition) is 4. The normalized spacial score (nSPS) is 10.9. The average molecular weight is 422 g/mol. The molecule has 0 saturated carbocycles. The van der Waals surface area contributed by atoms with Crippen molar-refractivity contribution < 1.29 is 29.4 Å². The van der Waals surface area contributed by atoms with Crippen LogP contribution in [0.2, 0.25) is 0 Å².